The van der Waals surface area contributed by atoms with E-state index in [1.54, 1.807) is 12.4 Å². The third-order valence-corrected chi connectivity index (χ3v) is 5.01. The molecule has 0 unspecified atom stereocenters. The van der Waals surface area contributed by atoms with Crippen molar-refractivity contribution in [3.63, 3.8) is 0 Å². The Morgan fingerprint density at radius 3 is 1.38 bits per heavy atom. The molecule has 0 N–H and O–H groups in total. The van der Waals surface area contributed by atoms with Crippen molar-refractivity contribution >= 4 is 69.0 Å². The standard InChI is InChI=1S/2C9H11N3S2.Mn/c2*1-7(11-12-9(13)14-2)8-5-3-4-6-10-8;/h2*3-6H,1-2H3,(H,12,13);/q;;+2/p-2/b2*11-7+;. The number of hydrogen-bond donors (Lipinski definition) is 0. The van der Waals surface area contributed by atoms with Crippen LogP contribution in [0.3, 0.4) is 0 Å². The Morgan fingerprint density at radius 2 is 1.10 bits per heavy atom. The van der Waals surface area contributed by atoms with Crippen molar-refractivity contribution < 1.29 is 17.1 Å². The van der Waals surface area contributed by atoms with Gasteiger partial charge in [-0.25, -0.2) is 0 Å². The molecule has 2 heterocycles. The van der Waals surface area contributed by atoms with Gasteiger partial charge < -0.3 is 25.3 Å². The van der Waals surface area contributed by atoms with Gasteiger partial charge in [-0.2, -0.15) is 20.4 Å². The molecule has 0 amide bonds. The molecule has 0 saturated heterocycles. The van der Waals surface area contributed by atoms with Crippen LogP contribution in [0.4, 0.5) is 0 Å². The Labute approximate surface area is 202 Å². The molecule has 0 fully saturated rings. The molecule has 29 heavy (non-hydrogen) atoms. The molecule has 0 aliphatic carbocycles. The van der Waals surface area contributed by atoms with Crippen LogP contribution < -0.4 is 0 Å². The summed E-state index contributed by atoms with van der Waals surface area (Å²) in [6.45, 7) is 3.71. The zero-order valence-electron chi connectivity index (χ0n) is 16.3. The van der Waals surface area contributed by atoms with Gasteiger partial charge in [0.15, 0.2) is 0 Å². The smallest absolute Gasteiger partial charge is 0.752 e. The van der Waals surface area contributed by atoms with Crippen molar-refractivity contribution in [2.75, 3.05) is 12.5 Å². The Kier molecular flexibility index (Phi) is 15.7. The molecule has 0 saturated carbocycles. The fourth-order valence-corrected chi connectivity index (χ4v) is 1.90. The fraction of sp³-hybridized carbons (Fsp3) is 0.222. The largest absolute Gasteiger partial charge is 2.00 e. The Morgan fingerprint density at radius 1 is 0.724 bits per heavy atom. The SMILES string of the molecule is CS/C([S-])=N/N=C(\C)c1ccccn1.CS/C([S-])=N/N=C(\C)c1ccccn1.[Mn+2]. The van der Waals surface area contributed by atoms with Crippen LogP contribution in [-0.4, -0.2) is 42.7 Å². The van der Waals surface area contributed by atoms with Gasteiger partial charge in [0.25, 0.3) is 0 Å². The third-order valence-electron chi connectivity index (χ3n) is 2.98. The summed E-state index contributed by atoms with van der Waals surface area (Å²) in [4.78, 5) is 8.28. The van der Waals surface area contributed by atoms with E-state index in [1.165, 1.54) is 23.5 Å². The predicted molar refractivity (Wildman–Crippen MR) is 130 cm³/mol. The first-order chi connectivity index (χ1) is 13.5. The molecule has 2 rings (SSSR count). The number of pyridine rings is 2. The van der Waals surface area contributed by atoms with Crippen molar-refractivity contribution in [1.82, 2.24) is 9.97 Å². The molecule has 11 heteroatoms. The van der Waals surface area contributed by atoms with E-state index in [2.05, 4.69) is 30.4 Å². The quantitative estimate of drug-likeness (QED) is 0.205. The molecule has 0 aromatic carbocycles. The number of rotatable bonds is 4. The molecular formula is C18H20MnN6S4. The number of nitrogens with zero attached hydrogens (tertiary/aromatic N) is 6. The maximum Gasteiger partial charge on any atom is 2.00 e. The maximum atomic E-state index is 4.89. The van der Waals surface area contributed by atoms with Crippen LogP contribution in [0.2, 0.25) is 0 Å². The summed E-state index contributed by atoms with van der Waals surface area (Å²) in [5.74, 6) is 0. The monoisotopic (exact) mass is 503 g/mol. The molecule has 0 bridgehead atoms. The van der Waals surface area contributed by atoms with Gasteiger partial charge in [-0.1, -0.05) is 12.1 Å². The fourth-order valence-electron chi connectivity index (χ4n) is 1.57. The van der Waals surface area contributed by atoms with Gasteiger partial charge in [0, 0.05) is 12.4 Å². The van der Waals surface area contributed by atoms with Crippen molar-refractivity contribution in [2.24, 2.45) is 20.4 Å². The zero-order chi connectivity index (χ0) is 20.8. The van der Waals surface area contributed by atoms with Crippen LogP contribution in [-0.2, 0) is 42.3 Å². The van der Waals surface area contributed by atoms with Gasteiger partial charge in [0.2, 0.25) is 0 Å². The minimum absolute atomic E-state index is 0. The van der Waals surface area contributed by atoms with Crippen LogP contribution in [0, 0.1) is 0 Å². The van der Waals surface area contributed by atoms with Gasteiger partial charge in [-0.3, -0.25) is 9.97 Å². The minimum Gasteiger partial charge on any atom is -0.752 e. The van der Waals surface area contributed by atoms with Crippen LogP contribution in [0.5, 0.6) is 0 Å². The number of hydrogen-bond acceptors (Lipinski definition) is 10. The number of thioether (sulfide) groups is 2. The second-order valence-corrected chi connectivity index (χ2v) is 7.82. The Balaban J connectivity index is 0.000000523. The van der Waals surface area contributed by atoms with E-state index in [1.807, 2.05) is 62.8 Å². The van der Waals surface area contributed by atoms with Crippen molar-refractivity contribution in [3.8, 4) is 0 Å². The van der Waals surface area contributed by atoms with E-state index in [9.17, 15) is 0 Å². The van der Waals surface area contributed by atoms with Crippen LogP contribution in [0.15, 0.2) is 69.2 Å². The summed E-state index contributed by atoms with van der Waals surface area (Å²) in [5.41, 5.74) is 3.17. The summed E-state index contributed by atoms with van der Waals surface area (Å²) in [5, 5.41) is 15.7. The summed E-state index contributed by atoms with van der Waals surface area (Å²) in [7, 11) is 0. The van der Waals surface area contributed by atoms with Crippen LogP contribution in [0.1, 0.15) is 25.2 Å². The first-order valence-corrected chi connectivity index (χ1v) is 11.2. The van der Waals surface area contributed by atoms with Gasteiger partial charge >= 0.3 is 17.1 Å². The van der Waals surface area contributed by atoms with Gasteiger partial charge in [-0.05, 0) is 59.4 Å². The first kappa shape index (κ1) is 27.6. The number of aromatic nitrogens is 2. The average molecular weight is 504 g/mol. The van der Waals surface area contributed by atoms with E-state index in [4.69, 9.17) is 25.3 Å². The minimum atomic E-state index is 0. The average Bonchev–Trinajstić information content (AvgIpc) is 2.76. The molecule has 2 aromatic heterocycles. The van der Waals surface area contributed by atoms with E-state index < -0.39 is 0 Å². The van der Waals surface area contributed by atoms with E-state index in [0.29, 0.717) is 8.75 Å². The molecule has 2 aromatic rings. The van der Waals surface area contributed by atoms with Crippen LogP contribution in [0.25, 0.3) is 0 Å². The molecule has 0 atom stereocenters. The maximum absolute atomic E-state index is 4.89. The third kappa shape index (κ3) is 12.0. The van der Waals surface area contributed by atoms with Gasteiger partial charge in [0.05, 0.1) is 22.8 Å². The van der Waals surface area contributed by atoms with Gasteiger partial charge in [0.1, 0.15) is 0 Å². The van der Waals surface area contributed by atoms with E-state index in [0.717, 1.165) is 22.8 Å². The summed E-state index contributed by atoms with van der Waals surface area (Å²) >= 11 is 12.6. The van der Waals surface area contributed by atoms with Crippen molar-refractivity contribution in [3.05, 3.63) is 60.2 Å². The van der Waals surface area contributed by atoms with Crippen LogP contribution >= 0.6 is 23.5 Å². The molecule has 1 radical (unpaired) electrons. The molecule has 0 aliphatic rings. The molecular weight excluding hydrogens is 483 g/mol. The second-order valence-electron chi connectivity index (χ2n) is 4.94. The zero-order valence-corrected chi connectivity index (χ0v) is 20.8. The summed E-state index contributed by atoms with van der Waals surface area (Å²) < 4.78 is 1.06. The second kappa shape index (κ2) is 16.4. The predicted octanol–water partition coefficient (Wildman–Crippen LogP) is 4.14. The molecule has 0 aliphatic heterocycles. The Bertz CT molecular complexity index is 770. The molecule has 153 valence electrons. The summed E-state index contributed by atoms with van der Waals surface area (Å²) in [6.07, 6.45) is 7.19. The summed E-state index contributed by atoms with van der Waals surface area (Å²) in [6, 6.07) is 11.3. The normalized spacial score (nSPS) is 12.6. The van der Waals surface area contributed by atoms with E-state index >= 15 is 0 Å². The van der Waals surface area contributed by atoms with Crippen molar-refractivity contribution in [1.29, 1.82) is 0 Å². The van der Waals surface area contributed by atoms with Gasteiger partial charge in [-0.15, -0.1) is 23.5 Å². The first-order valence-electron chi connectivity index (χ1n) is 7.97. The van der Waals surface area contributed by atoms with E-state index in [-0.39, 0.29) is 17.1 Å². The molecule has 6 nitrogen and oxygen atoms in total. The molecule has 0 spiro atoms. The topological polar surface area (TPSA) is 75.2 Å². The van der Waals surface area contributed by atoms with Crippen molar-refractivity contribution in [2.45, 2.75) is 13.8 Å². The Hall–Kier alpha value is -1.36.